The third-order valence-corrected chi connectivity index (χ3v) is 4.02. The Morgan fingerprint density at radius 2 is 2.20 bits per heavy atom. The smallest absolute Gasteiger partial charge is 0.273 e. The molecule has 20 heavy (non-hydrogen) atoms. The van der Waals surface area contributed by atoms with Gasteiger partial charge in [-0.1, -0.05) is 26.7 Å². The first-order chi connectivity index (χ1) is 9.50. The predicted molar refractivity (Wildman–Crippen MR) is 77.4 cm³/mol. The molecule has 6 heteroatoms. The van der Waals surface area contributed by atoms with E-state index in [4.69, 9.17) is 5.73 Å². The number of nitrogens with one attached hydrogen (secondary N) is 2. The average Bonchev–Trinajstić information content (AvgIpc) is 2.79. The Morgan fingerprint density at radius 1 is 1.50 bits per heavy atom. The largest absolute Gasteiger partial charge is 0.395 e. The van der Waals surface area contributed by atoms with Crippen molar-refractivity contribution in [2.75, 3.05) is 12.3 Å². The molecule has 6 nitrogen and oxygen atoms in total. The molecule has 1 fully saturated rings. The van der Waals surface area contributed by atoms with Crippen LogP contribution in [0.1, 0.15) is 61.6 Å². The lowest BCUT2D eigenvalue weighted by Crippen LogP contribution is -2.37. The lowest BCUT2D eigenvalue weighted by Gasteiger charge is -2.27. The van der Waals surface area contributed by atoms with E-state index in [0.717, 1.165) is 31.4 Å². The van der Waals surface area contributed by atoms with E-state index in [2.05, 4.69) is 15.5 Å². The second-order valence-electron chi connectivity index (χ2n) is 5.88. The molecule has 1 saturated carbocycles. The van der Waals surface area contributed by atoms with Gasteiger partial charge in [0.2, 0.25) is 0 Å². The Bertz CT molecular complexity index is 470. The highest BCUT2D eigenvalue weighted by Crippen LogP contribution is 2.24. The number of rotatable bonds is 4. The van der Waals surface area contributed by atoms with Crippen molar-refractivity contribution in [2.24, 2.45) is 5.92 Å². The van der Waals surface area contributed by atoms with Crippen molar-refractivity contribution >= 4 is 11.6 Å². The third-order valence-electron chi connectivity index (χ3n) is 4.02. The highest BCUT2D eigenvalue weighted by molar-refractivity contribution is 5.97. The van der Waals surface area contributed by atoms with E-state index in [1.165, 1.54) is 0 Å². The molecule has 1 heterocycles. The Balaban J connectivity index is 1.95. The van der Waals surface area contributed by atoms with Gasteiger partial charge in [-0.25, -0.2) is 0 Å². The topological polar surface area (TPSA) is 104 Å². The lowest BCUT2D eigenvalue weighted by atomic mass is 9.86. The summed E-state index contributed by atoms with van der Waals surface area (Å²) in [7, 11) is 0. The van der Waals surface area contributed by atoms with Crippen molar-refractivity contribution in [1.29, 1.82) is 0 Å². The number of nitrogen functional groups attached to an aromatic ring is 1. The minimum Gasteiger partial charge on any atom is -0.395 e. The van der Waals surface area contributed by atoms with Crippen molar-refractivity contribution < 1.29 is 9.90 Å². The Morgan fingerprint density at radius 3 is 2.80 bits per heavy atom. The number of hydrogen-bond acceptors (Lipinski definition) is 4. The number of aromatic nitrogens is 2. The molecule has 0 spiro atoms. The summed E-state index contributed by atoms with van der Waals surface area (Å²) in [6.07, 6.45) is 3.64. The van der Waals surface area contributed by atoms with Gasteiger partial charge >= 0.3 is 0 Å². The minimum atomic E-state index is -0.313. The van der Waals surface area contributed by atoms with E-state index < -0.39 is 0 Å². The fraction of sp³-hybridized carbons (Fsp3) is 0.714. The zero-order valence-corrected chi connectivity index (χ0v) is 12.1. The van der Waals surface area contributed by atoms with Gasteiger partial charge in [0.25, 0.3) is 5.91 Å². The molecule has 1 amide bonds. The van der Waals surface area contributed by atoms with Gasteiger partial charge in [-0.05, 0) is 18.8 Å². The maximum Gasteiger partial charge on any atom is 0.273 e. The van der Waals surface area contributed by atoms with Crippen LogP contribution in [-0.4, -0.2) is 33.9 Å². The highest BCUT2D eigenvalue weighted by Gasteiger charge is 2.25. The molecule has 0 aromatic carbocycles. The molecule has 2 atom stereocenters. The van der Waals surface area contributed by atoms with Gasteiger partial charge in [0.15, 0.2) is 5.69 Å². The predicted octanol–water partition coefficient (Wildman–Crippen LogP) is 1.40. The zero-order chi connectivity index (χ0) is 14.7. The third kappa shape index (κ3) is 3.12. The van der Waals surface area contributed by atoms with Crippen LogP contribution in [0.25, 0.3) is 0 Å². The van der Waals surface area contributed by atoms with E-state index in [1.807, 2.05) is 13.8 Å². The van der Waals surface area contributed by atoms with Gasteiger partial charge in [0, 0.05) is 12.5 Å². The van der Waals surface area contributed by atoms with E-state index in [0.29, 0.717) is 12.2 Å². The summed E-state index contributed by atoms with van der Waals surface area (Å²) in [5, 5.41) is 19.5. The molecule has 1 aliphatic carbocycles. The highest BCUT2D eigenvalue weighted by atomic mass is 16.3. The summed E-state index contributed by atoms with van der Waals surface area (Å²) in [6, 6.07) is 0. The first-order valence-electron chi connectivity index (χ1n) is 7.30. The minimum absolute atomic E-state index is 0.137. The summed E-state index contributed by atoms with van der Waals surface area (Å²) in [5.74, 6) is 0.0603. The number of amides is 1. The van der Waals surface area contributed by atoms with E-state index >= 15 is 0 Å². The van der Waals surface area contributed by atoms with Crippen LogP contribution >= 0.6 is 0 Å². The van der Waals surface area contributed by atoms with Crippen LogP contribution in [-0.2, 0) is 0 Å². The molecule has 0 aliphatic heterocycles. The number of nitrogens with zero attached hydrogens (tertiary/aromatic N) is 1. The maximum atomic E-state index is 12.1. The van der Waals surface area contributed by atoms with Gasteiger partial charge in [0.05, 0.1) is 17.5 Å². The summed E-state index contributed by atoms with van der Waals surface area (Å²) >= 11 is 0. The monoisotopic (exact) mass is 280 g/mol. The van der Waals surface area contributed by atoms with Crippen molar-refractivity contribution in [3.05, 3.63) is 11.4 Å². The number of carbonyl (C=O) groups excluding carboxylic acids is 1. The SMILES string of the molecule is CC(C)c1[nH]nc(C(=O)NCC2CCCCC2O)c1N. The van der Waals surface area contributed by atoms with Gasteiger partial charge in [0.1, 0.15) is 0 Å². The van der Waals surface area contributed by atoms with Gasteiger partial charge < -0.3 is 16.2 Å². The second-order valence-corrected chi connectivity index (χ2v) is 5.88. The molecule has 2 rings (SSSR count). The molecule has 0 radical (unpaired) electrons. The molecule has 1 aromatic rings. The molecule has 0 saturated heterocycles. The molecule has 2 unspecified atom stereocenters. The summed E-state index contributed by atoms with van der Waals surface area (Å²) in [5.41, 5.74) is 7.39. The Hall–Kier alpha value is -1.56. The molecular formula is C14H24N4O2. The number of carbonyl (C=O) groups is 1. The number of aromatic amines is 1. The van der Waals surface area contributed by atoms with Crippen LogP contribution in [0.15, 0.2) is 0 Å². The van der Waals surface area contributed by atoms with Crippen LogP contribution in [0.4, 0.5) is 5.69 Å². The molecule has 1 aliphatic rings. The molecule has 5 N–H and O–H groups in total. The fourth-order valence-electron chi connectivity index (χ4n) is 2.71. The fourth-order valence-corrected chi connectivity index (χ4v) is 2.71. The van der Waals surface area contributed by atoms with Crippen LogP contribution < -0.4 is 11.1 Å². The molecule has 0 bridgehead atoms. The van der Waals surface area contributed by atoms with Gasteiger partial charge in [-0.3, -0.25) is 9.89 Å². The number of anilines is 1. The number of nitrogens with two attached hydrogens (primary N) is 1. The first kappa shape index (κ1) is 14.8. The Kier molecular flexibility index (Phi) is 4.65. The second kappa shape index (κ2) is 6.26. The molecule has 112 valence electrons. The molecule has 1 aromatic heterocycles. The summed E-state index contributed by atoms with van der Waals surface area (Å²) in [4.78, 5) is 12.1. The average molecular weight is 280 g/mol. The van der Waals surface area contributed by atoms with E-state index in [1.54, 1.807) is 0 Å². The van der Waals surface area contributed by atoms with Crippen molar-refractivity contribution in [2.45, 2.75) is 51.6 Å². The normalized spacial score (nSPS) is 23.0. The summed E-state index contributed by atoms with van der Waals surface area (Å²) in [6.45, 7) is 4.46. The number of hydrogen-bond donors (Lipinski definition) is 4. The first-order valence-corrected chi connectivity index (χ1v) is 7.30. The van der Waals surface area contributed by atoms with E-state index in [-0.39, 0.29) is 29.5 Å². The quantitative estimate of drug-likeness (QED) is 0.669. The maximum absolute atomic E-state index is 12.1. The van der Waals surface area contributed by atoms with E-state index in [9.17, 15) is 9.90 Å². The van der Waals surface area contributed by atoms with Crippen molar-refractivity contribution in [1.82, 2.24) is 15.5 Å². The van der Waals surface area contributed by atoms with Crippen LogP contribution in [0.5, 0.6) is 0 Å². The van der Waals surface area contributed by atoms with Gasteiger partial charge in [-0.15, -0.1) is 0 Å². The van der Waals surface area contributed by atoms with Crippen LogP contribution in [0.3, 0.4) is 0 Å². The zero-order valence-electron chi connectivity index (χ0n) is 12.1. The van der Waals surface area contributed by atoms with Crippen LogP contribution in [0, 0.1) is 5.92 Å². The number of aliphatic hydroxyl groups is 1. The number of H-pyrrole nitrogens is 1. The standard InChI is InChI=1S/C14H24N4O2/c1-8(2)12-11(15)13(18-17-12)14(20)16-7-9-5-3-4-6-10(9)19/h8-10,19H,3-7,15H2,1-2H3,(H,16,20)(H,17,18). The lowest BCUT2D eigenvalue weighted by molar-refractivity contribution is 0.0662. The van der Waals surface area contributed by atoms with Crippen molar-refractivity contribution in [3.63, 3.8) is 0 Å². The Labute approximate surface area is 119 Å². The number of aliphatic hydroxyl groups excluding tert-OH is 1. The molecular weight excluding hydrogens is 256 g/mol. The van der Waals surface area contributed by atoms with Crippen molar-refractivity contribution in [3.8, 4) is 0 Å². The van der Waals surface area contributed by atoms with Crippen LogP contribution in [0.2, 0.25) is 0 Å². The van der Waals surface area contributed by atoms with Gasteiger partial charge in [-0.2, -0.15) is 5.10 Å². The summed E-state index contributed by atoms with van der Waals surface area (Å²) < 4.78 is 0.